The first-order valence-electron chi connectivity index (χ1n) is 7.24. The van der Waals surface area contributed by atoms with Gasteiger partial charge in [-0.2, -0.15) is 0 Å². The number of nitrogens with zero attached hydrogens (tertiary/aromatic N) is 1. The smallest absolute Gasteiger partial charge is 0.292 e. The number of benzene rings is 2. The van der Waals surface area contributed by atoms with Gasteiger partial charge in [0.05, 0.1) is 11.4 Å². The van der Waals surface area contributed by atoms with Gasteiger partial charge in [0.15, 0.2) is 5.78 Å². The van der Waals surface area contributed by atoms with Crippen LogP contribution in [0.15, 0.2) is 57.9 Å². The molecule has 0 aromatic heterocycles. The maximum absolute atomic E-state index is 12.4. The molecule has 25 heavy (non-hydrogen) atoms. The first-order valence-corrected chi connectivity index (χ1v) is 9.22. The zero-order chi connectivity index (χ0) is 18.0. The van der Waals surface area contributed by atoms with Crippen molar-refractivity contribution in [2.45, 2.75) is 0 Å². The summed E-state index contributed by atoms with van der Waals surface area (Å²) in [6.07, 6.45) is 1.60. The molecule has 1 aliphatic rings. The number of hydrogen-bond acceptors (Lipinski definition) is 4. The second-order valence-electron chi connectivity index (χ2n) is 5.25. The van der Waals surface area contributed by atoms with Gasteiger partial charge in [-0.1, -0.05) is 51.8 Å². The van der Waals surface area contributed by atoms with Crippen LogP contribution < -0.4 is 0 Å². The Bertz CT molecular complexity index is 895. The van der Waals surface area contributed by atoms with Crippen LogP contribution in [0.3, 0.4) is 0 Å². The van der Waals surface area contributed by atoms with Gasteiger partial charge in [-0.15, -0.1) is 0 Å². The minimum Gasteiger partial charge on any atom is -0.292 e. The molecule has 3 rings (SSSR count). The summed E-state index contributed by atoms with van der Waals surface area (Å²) < 4.78 is 0.847. The number of imide groups is 1. The Labute approximate surface area is 162 Å². The van der Waals surface area contributed by atoms with Crippen molar-refractivity contribution in [3.63, 3.8) is 0 Å². The molecule has 0 saturated carbocycles. The first kappa shape index (κ1) is 17.9. The lowest BCUT2D eigenvalue weighted by Gasteiger charge is -2.11. The van der Waals surface area contributed by atoms with Crippen LogP contribution in [0.2, 0.25) is 5.02 Å². The quantitative estimate of drug-likeness (QED) is 0.499. The van der Waals surface area contributed by atoms with E-state index < -0.39 is 11.1 Å². The van der Waals surface area contributed by atoms with Crippen LogP contribution in [0.25, 0.3) is 6.08 Å². The molecule has 0 radical (unpaired) electrons. The van der Waals surface area contributed by atoms with Gasteiger partial charge in [0.1, 0.15) is 0 Å². The minimum atomic E-state index is -0.472. The van der Waals surface area contributed by atoms with Crippen molar-refractivity contribution in [3.8, 4) is 0 Å². The molecule has 0 unspecified atom stereocenters. The van der Waals surface area contributed by atoms with Crippen molar-refractivity contribution in [3.05, 3.63) is 74.1 Å². The van der Waals surface area contributed by atoms with Crippen molar-refractivity contribution in [1.29, 1.82) is 0 Å². The predicted molar refractivity (Wildman–Crippen MR) is 103 cm³/mol. The van der Waals surface area contributed by atoms with Crippen LogP contribution in [0.1, 0.15) is 15.9 Å². The SMILES string of the molecule is O=C(CN1C(=O)S/C(=C/c2cccc(Cl)c2)C1=O)c1ccc(Br)cc1. The maximum Gasteiger partial charge on any atom is 0.293 e. The summed E-state index contributed by atoms with van der Waals surface area (Å²) in [5.41, 5.74) is 1.17. The van der Waals surface area contributed by atoms with E-state index in [1.54, 1.807) is 54.6 Å². The van der Waals surface area contributed by atoms with Crippen molar-refractivity contribution in [1.82, 2.24) is 4.90 Å². The van der Waals surface area contributed by atoms with Gasteiger partial charge in [-0.25, -0.2) is 0 Å². The van der Waals surface area contributed by atoms with Crippen molar-refractivity contribution in [2.75, 3.05) is 6.54 Å². The summed E-state index contributed by atoms with van der Waals surface area (Å²) in [7, 11) is 0. The molecule has 1 aliphatic heterocycles. The van der Waals surface area contributed by atoms with Crippen LogP contribution in [-0.2, 0) is 4.79 Å². The Morgan fingerprint density at radius 2 is 1.88 bits per heavy atom. The highest BCUT2D eigenvalue weighted by molar-refractivity contribution is 9.10. The molecule has 0 spiro atoms. The summed E-state index contributed by atoms with van der Waals surface area (Å²) in [5.74, 6) is -0.765. The molecule has 0 atom stereocenters. The van der Waals surface area contributed by atoms with Crippen LogP contribution in [0.5, 0.6) is 0 Å². The van der Waals surface area contributed by atoms with Crippen LogP contribution in [0, 0.1) is 0 Å². The molecule has 4 nitrogen and oxygen atoms in total. The molecule has 2 aromatic rings. The number of hydrogen-bond donors (Lipinski definition) is 0. The molecule has 7 heteroatoms. The lowest BCUT2D eigenvalue weighted by Crippen LogP contribution is -2.33. The monoisotopic (exact) mass is 435 g/mol. The third-order valence-corrected chi connectivity index (χ3v) is 5.16. The predicted octanol–water partition coefficient (Wildman–Crippen LogP) is 5.02. The minimum absolute atomic E-state index is 0.274. The molecule has 2 amide bonds. The van der Waals surface area contributed by atoms with Gasteiger partial charge >= 0.3 is 0 Å². The molecule has 0 N–H and O–H groups in total. The standard InChI is InChI=1S/C18H11BrClNO3S/c19-13-6-4-12(5-7-13)15(22)10-21-17(23)16(25-18(21)24)9-11-2-1-3-14(20)8-11/h1-9H,10H2/b16-9+. The third kappa shape index (κ3) is 4.21. The molecule has 1 saturated heterocycles. The highest BCUT2D eigenvalue weighted by Gasteiger charge is 2.36. The Kier molecular flexibility index (Phi) is 5.42. The van der Waals surface area contributed by atoms with Gasteiger partial charge < -0.3 is 0 Å². The highest BCUT2D eigenvalue weighted by Crippen LogP contribution is 2.32. The van der Waals surface area contributed by atoms with Gasteiger partial charge in [-0.3, -0.25) is 19.3 Å². The Morgan fingerprint density at radius 3 is 2.56 bits per heavy atom. The summed E-state index contributed by atoms with van der Waals surface area (Å²) >= 11 is 10.0. The lowest BCUT2D eigenvalue weighted by atomic mass is 10.1. The zero-order valence-corrected chi connectivity index (χ0v) is 15.9. The fourth-order valence-corrected chi connectivity index (χ4v) is 3.56. The van der Waals surface area contributed by atoms with Crippen LogP contribution in [0.4, 0.5) is 4.79 Å². The van der Waals surface area contributed by atoms with Crippen molar-refractivity contribution < 1.29 is 14.4 Å². The molecule has 0 bridgehead atoms. The zero-order valence-electron chi connectivity index (χ0n) is 12.7. The van der Waals surface area contributed by atoms with Gasteiger partial charge in [0, 0.05) is 15.1 Å². The molecule has 1 heterocycles. The van der Waals surface area contributed by atoms with E-state index in [1.807, 2.05) is 0 Å². The average Bonchev–Trinajstić information content (AvgIpc) is 2.83. The van der Waals surface area contributed by atoms with E-state index in [9.17, 15) is 14.4 Å². The molecule has 126 valence electrons. The summed E-state index contributed by atoms with van der Waals surface area (Å²) in [6, 6.07) is 13.7. The number of Topliss-reactive ketones (excluding diaryl/α,β-unsaturated/α-hetero) is 1. The summed E-state index contributed by atoms with van der Waals surface area (Å²) in [6.45, 7) is -0.279. The third-order valence-electron chi connectivity index (χ3n) is 3.49. The number of rotatable bonds is 4. The second kappa shape index (κ2) is 7.56. The van der Waals surface area contributed by atoms with Gasteiger partial charge in [-0.05, 0) is 47.7 Å². The number of carbonyl (C=O) groups excluding carboxylic acids is 3. The number of thioether (sulfide) groups is 1. The van der Waals surface area contributed by atoms with Gasteiger partial charge in [0.2, 0.25) is 0 Å². The lowest BCUT2D eigenvalue weighted by molar-refractivity contribution is -0.122. The number of carbonyl (C=O) groups is 3. The Balaban J connectivity index is 1.77. The van der Waals surface area contributed by atoms with E-state index in [-0.39, 0.29) is 17.2 Å². The fraction of sp³-hybridized carbons (Fsp3) is 0.0556. The second-order valence-corrected chi connectivity index (χ2v) is 7.60. The number of amides is 2. The van der Waals surface area contributed by atoms with Crippen LogP contribution in [-0.4, -0.2) is 28.4 Å². The Morgan fingerprint density at radius 1 is 1.16 bits per heavy atom. The van der Waals surface area contributed by atoms with E-state index in [0.717, 1.165) is 26.7 Å². The van der Waals surface area contributed by atoms with Crippen molar-refractivity contribution >= 4 is 62.3 Å². The van der Waals surface area contributed by atoms with E-state index in [1.165, 1.54) is 0 Å². The highest BCUT2D eigenvalue weighted by atomic mass is 79.9. The topological polar surface area (TPSA) is 54.5 Å². The van der Waals surface area contributed by atoms with Crippen molar-refractivity contribution in [2.24, 2.45) is 0 Å². The largest absolute Gasteiger partial charge is 0.293 e. The Hall–Kier alpha value is -1.89. The van der Waals surface area contributed by atoms with E-state index in [2.05, 4.69) is 15.9 Å². The number of ketones is 1. The molecule has 0 aliphatic carbocycles. The van der Waals surface area contributed by atoms with E-state index >= 15 is 0 Å². The molecular formula is C18H11BrClNO3S. The van der Waals surface area contributed by atoms with E-state index in [0.29, 0.717) is 10.6 Å². The average molecular weight is 437 g/mol. The van der Waals surface area contributed by atoms with E-state index in [4.69, 9.17) is 11.6 Å². The molecule has 1 fully saturated rings. The molecule has 2 aromatic carbocycles. The number of halogens is 2. The summed E-state index contributed by atoms with van der Waals surface area (Å²) in [4.78, 5) is 38.1. The maximum atomic E-state index is 12.4. The first-order chi connectivity index (χ1) is 11.9. The summed E-state index contributed by atoms with van der Waals surface area (Å²) in [5, 5.41) is 0.0853. The normalized spacial score (nSPS) is 15.9. The van der Waals surface area contributed by atoms with Gasteiger partial charge in [0.25, 0.3) is 11.1 Å². The van der Waals surface area contributed by atoms with Crippen LogP contribution >= 0.6 is 39.3 Å². The molecular weight excluding hydrogens is 426 g/mol. The fourth-order valence-electron chi connectivity index (χ4n) is 2.25.